The van der Waals surface area contributed by atoms with Crippen LogP contribution in [-0.4, -0.2) is 19.8 Å². The summed E-state index contributed by atoms with van der Waals surface area (Å²) in [6.07, 6.45) is 0. The average molecular weight is 325 g/mol. The first kappa shape index (κ1) is 13.7. The van der Waals surface area contributed by atoms with E-state index in [4.69, 9.17) is 4.52 Å². The summed E-state index contributed by atoms with van der Waals surface area (Å²) in [4.78, 5) is 17.7. The third-order valence-electron chi connectivity index (χ3n) is 3.66. The smallest absolute Gasteiger partial charge is 0.267 e. The fraction of sp³-hybridized carbons (Fsp3) is 0.0625. The fourth-order valence-corrected chi connectivity index (χ4v) is 3.15. The lowest BCUT2D eigenvalue weighted by Crippen LogP contribution is -2.19. The van der Waals surface area contributed by atoms with Crippen molar-refractivity contribution in [1.82, 2.24) is 14.7 Å². The summed E-state index contributed by atoms with van der Waals surface area (Å²) in [5.41, 5.74) is 0.265. The molecule has 0 radical (unpaired) electrons. The van der Waals surface area contributed by atoms with Crippen LogP contribution >= 0.6 is 11.3 Å². The van der Waals surface area contributed by atoms with E-state index in [-0.39, 0.29) is 22.8 Å². The third kappa shape index (κ3) is 2.05. The molecule has 0 saturated carbocycles. The number of aryl methyl sites for hydroxylation is 1. The van der Waals surface area contributed by atoms with Gasteiger partial charge in [0, 0.05) is 12.4 Å². The van der Waals surface area contributed by atoms with Crippen LogP contribution in [0.1, 0.15) is 0 Å². The molecule has 23 heavy (non-hydrogen) atoms. The van der Waals surface area contributed by atoms with Crippen LogP contribution in [0.4, 0.5) is 0 Å². The molecule has 0 unspecified atom stereocenters. The summed E-state index contributed by atoms with van der Waals surface area (Å²) < 4.78 is 6.67. The monoisotopic (exact) mass is 325 g/mol. The molecule has 0 aliphatic rings. The van der Waals surface area contributed by atoms with Crippen LogP contribution in [0.2, 0.25) is 0 Å². The van der Waals surface area contributed by atoms with E-state index in [1.807, 2.05) is 23.6 Å². The highest BCUT2D eigenvalue weighted by Crippen LogP contribution is 2.33. The molecule has 3 aromatic heterocycles. The minimum Gasteiger partial charge on any atom is -0.506 e. The normalized spacial score (nSPS) is 11.2. The number of pyridine rings is 1. The first-order valence-corrected chi connectivity index (χ1v) is 7.73. The lowest BCUT2D eigenvalue weighted by atomic mass is 10.1. The maximum Gasteiger partial charge on any atom is 0.267 e. The molecule has 7 heteroatoms. The summed E-state index contributed by atoms with van der Waals surface area (Å²) >= 11 is 1.47. The quantitative estimate of drug-likeness (QED) is 0.612. The molecule has 0 bridgehead atoms. The van der Waals surface area contributed by atoms with Crippen molar-refractivity contribution in [3.8, 4) is 27.9 Å². The zero-order valence-electron chi connectivity index (χ0n) is 12.1. The van der Waals surface area contributed by atoms with Crippen LogP contribution in [0.15, 0.2) is 51.1 Å². The molecular weight excluding hydrogens is 314 g/mol. The van der Waals surface area contributed by atoms with Crippen molar-refractivity contribution < 1.29 is 9.63 Å². The number of thiophene rings is 1. The molecule has 1 aromatic carbocycles. The minimum atomic E-state index is -0.387. The van der Waals surface area contributed by atoms with Crippen molar-refractivity contribution >= 4 is 22.2 Å². The number of aromatic hydroxyl groups is 1. The van der Waals surface area contributed by atoms with Crippen molar-refractivity contribution in [2.75, 3.05) is 0 Å². The van der Waals surface area contributed by atoms with Gasteiger partial charge < -0.3 is 14.2 Å². The summed E-state index contributed by atoms with van der Waals surface area (Å²) in [6, 6.07) is 10.8. The summed E-state index contributed by atoms with van der Waals surface area (Å²) in [6.45, 7) is 0. The standard InChI is InChI=1S/C16H11N3O3S/c1-19-10-6-3-2-5-9(10)13(20)12(16(19)21)15-17-14(18-22-15)11-7-4-8-23-11/h2-8,20H,1H3. The highest BCUT2D eigenvalue weighted by Gasteiger charge is 2.22. The third-order valence-corrected chi connectivity index (χ3v) is 4.52. The molecular formula is C16H11N3O3S. The number of hydrogen-bond donors (Lipinski definition) is 1. The van der Waals surface area contributed by atoms with Gasteiger partial charge >= 0.3 is 0 Å². The average Bonchev–Trinajstić information content (AvgIpc) is 3.24. The van der Waals surface area contributed by atoms with Gasteiger partial charge in [-0.1, -0.05) is 23.4 Å². The van der Waals surface area contributed by atoms with E-state index in [0.29, 0.717) is 16.7 Å². The van der Waals surface area contributed by atoms with Gasteiger partial charge in [0.25, 0.3) is 11.4 Å². The molecule has 4 aromatic rings. The van der Waals surface area contributed by atoms with Crippen molar-refractivity contribution in [3.05, 3.63) is 52.1 Å². The minimum absolute atomic E-state index is 0.0113. The van der Waals surface area contributed by atoms with E-state index in [1.54, 1.807) is 25.2 Å². The van der Waals surface area contributed by atoms with Gasteiger partial charge in [-0.05, 0) is 23.6 Å². The maximum atomic E-state index is 12.6. The Morgan fingerprint density at radius 2 is 2.04 bits per heavy atom. The van der Waals surface area contributed by atoms with E-state index in [2.05, 4.69) is 10.1 Å². The number of hydrogen-bond acceptors (Lipinski definition) is 6. The number of para-hydroxylation sites is 1. The first-order chi connectivity index (χ1) is 11.2. The van der Waals surface area contributed by atoms with Crippen molar-refractivity contribution in [1.29, 1.82) is 0 Å². The van der Waals surface area contributed by atoms with Crippen LogP contribution in [0.25, 0.3) is 33.1 Å². The summed E-state index contributed by atoms with van der Waals surface area (Å²) in [7, 11) is 1.64. The Morgan fingerprint density at radius 1 is 1.22 bits per heavy atom. The van der Waals surface area contributed by atoms with Gasteiger partial charge in [-0.25, -0.2) is 0 Å². The van der Waals surface area contributed by atoms with E-state index in [9.17, 15) is 9.90 Å². The van der Waals surface area contributed by atoms with Crippen molar-refractivity contribution in [3.63, 3.8) is 0 Å². The molecule has 4 rings (SSSR count). The summed E-state index contributed by atoms with van der Waals surface area (Å²) in [5, 5.41) is 16.9. The Balaban J connectivity index is 1.98. The van der Waals surface area contributed by atoms with Gasteiger partial charge in [0.05, 0.1) is 10.4 Å². The van der Waals surface area contributed by atoms with Crippen LogP contribution in [0.3, 0.4) is 0 Å². The molecule has 0 atom stereocenters. The number of nitrogens with zero attached hydrogens (tertiary/aromatic N) is 3. The number of benzene rings is 1. The fourth-order valence-electron chi connectivity index (χ4n) is 2.50. The van der Waals surface area contributed by atoms with Crippen molar-refractivity contribution in [2.45, 2.75) is 0 Å². The zero-order chi connectivity index (χ0) is 16.0. The molecule has 0 amide bonds. The number of rotatable bonds is 2. The first-order valence-electron chi connectivity index (χ1n) is 6.85. The highest BCUT2D eigenvalue weighted by atomic mass is 32.1. The Bertz CT molecular complexity index is 1060. The van der Waals surface area contributed by atoms with Crippen LogP contribution < -0.4 is 5.56 Å². The summed E-state index contributed by atoms with van der Waals surface area (Å²) in [5.74, 6) is 0.256. The predicted octanol–water partition coefficient (Wildman–Crippen LogP) is 3.02. The molecule has 0 fully saturated rings. The molecule has 0 spiro atoms. The predicted molar refractivity (Wildman–Crippen MR) is 87.5 cm³/mol. The van der Waals surface area contributed by atoms with E-state index in [1.165, 1.54) is 15.9 Å². The second kappa shape index (κ2) is 5.06. The number of fused-ring (bicyclic) bond motifs is 1. The van der Waals surface area contributed by atoms with Crippen LogP contribution in [0.5, 0.6) is 5.75 Å². The Kier molecular flexibility index (Phi) is 3.02. The molecule has 0 aliphatic carbocycles. The largest absolute Gasteiger partial charge is 0.506 e. The SMILES string of the molecule is Cn1c(=O)c(-c2nc(-c3cccs3)no2)c(O)c2ccccc21. The molecule has 6 nitrogen and oxygen atoms in total. The lowest BCUT2D eigenvalue weighted by molar-refractivity contribution is 0.425. The highest BCUT2D eigenvalue weighted by molar-refractivity contribution is 7.13. The van der Waals surface area contributed by atoms with Gasteiger partial charge in [-0.15, -0.1) is 11.3 Å². The van der Waals surface area contributed by atoms with Crippen molar-refractivity contribution in [2.24, 2.45) is 7.05 Å². The van der Waals surface area contributed by atoms with Gasteiger partial charge in [-0.3, -0.25) is 4.79 Å². The van der Waals surface area contributed by atoms with E-state index in [0.717, 1.165) is 4.88 Å². The lowest BCUT2D eigenvalue weighted by Gasteiger charge is -2.09. The van der Waals surface area contributed by atoms with E-state index >= 15 is 0 Å². The Hall–Kier alpha value is -2.93. The number of aromatic nitrogens is 3. The van der Waals surface area contributed by atoms with Gasteiger partial charge in [-0.2, -0.15) is 4.98 Å². The molecule has 114 valence electrons. The molecule has 3 heterocycles. The Labute approximate surface area is 134 Å². The Morgan fingerprint density at radius 3 is 2.83 bits per heavy atom. The van der Waals surface area contributed by atoms with Gasteiger partial charge in [0.1, 0.15) is 11.3 Å². The maximum absolute atomic E-state index is 12.6. The molecule has 0 saturated heterocycles. The topological polar surface area (TPSA) is 81.2 Å². The van der Waals surface area contributed by atoms with E-state index < -0.39 is 0 Å². The molecule has 1 N–H and O–H groups in total. The second-order valence-electron chi connectivity index (χ2n) is 5.01. The van der Waals surface area contributed by atoms with Crippen LogP contribution in [0, 0.1) is 0 Å². The molecule has 0 aliphatic heterocycles. The van der Waals surface area contributed by atoms with Gasteiger partial charge in [0.2, 0.25) is 5.82 Å². The van der Waals surface area contributed by atoms with Gasteiger partial charge in [0.15, 0.2) is 0 Å². The second-order valence-corrected chi connectivity index (χ2v) is 5.95. The van der Waals surface area contributed by atoms with Crippen LogP contribution in [-0.2, 0) is 7.05 Å². The zero-order valence-corrected chi connectivity index (χ0v) is 12.9.